The number of carbonyl (C=O) groups is 1. The van der Waals surface area contributed by atoms with Crippen molar-refractivity contribution in [1.82, 2.24) is 14.2 Å². The number of carbonyl (C=O) groups excluding carboxylic acids is 1. The lowest BCUT2D eigenvalue weighted by Crippen LogP contribution is -2.42. The van der Waals surface area contributed by atoms with Crippen LogP contribution in [0.1, 0.15) is 33.6 Å². The highest BCUT2D eigenvalue weighted by atomic mass is 32.2. The fraction of sp³-hybridized carbons (Fsp3) is 0.320. The van der Waals surface area contributed by atoms with Crippen molar-refractivity contribution in [1.29, 1.82) is 0 Å². The summed E-state index contributed by atoms with van der Waals surface area (Å²) in [5.74, 6) is -2.08. The Kier molecular flexibility index (Phi) is 7.16. The van der Waals surface area contributed by atoms with Gasteiger partial charge in [0.2, 0.25) is 15.8 Å². The third-order valence-electron chi connectivity index (χ3n) is 6.64. The number of hydrogen-bond donors (Lipinski definition) is 2. The van der Waals surface area contributed by atoms with Crippen molar-refractivity contribution in [3.8, 4) is 0 Å². The van der Waals surface area contributed by atoms with Crippen LogP contribution in [0.5, 0.6) is 0 Å². The molecule has 3 N–H and O–H groups in total. The van der Waals surface area contributed by atoms with E-state index in [0.29, 0.717) is 31.1 Å². The van der Waals surface area contributed by atoms with Crippen LogP contribution in [0.15, 0.2) is 52.4 Å². The van der Waals surface area contributed by atoms with E-state index in [2.05, 4.69) is 15.3 Å². The molecule has 38 heavy (non-hydrogen) atoms. The fourth-order valence-corrected chi connectivity index (χ4v) is 6.95. The Morgan fingerprint density at radius 3 is 2.34 bits per heavy atom. The topological polar surface area (TPSA) is 121 Å². The van der Waals surface area contributed by atoms with Gasteiger partial charge in [0.1, 0.15) is 28.2 Å². The zero-order valence-corrected chi connectivity index (χ0v) is 22.2. The maximum Gasteiger partial charge on any atom is 0.243 e. The highest BCUT2D eigenvalue weighted by Gasteiger charge is 2.31. The summed E-state index contributed by atoms with van der Waals surface area (Å²) in [6.45, 7) is 2.16. The molecule has 2 aliphatic heterocycles. The third-order valence-corrected chi connectivity index (χ3v) is 9.55. The molecule has 0 spiro atoms. The molecule has 1 saturated heterocycles. The van der Waals surface area contributed by atoms with Crippen LogP contribution in [-0.4, -0.2) is 73.5 Å². The molecule has 0 atom stereocenters. The van der Waals surface area contributed by atoms with Crippen molar-refractivity contribution < 1.29 is 22.0 Å². The molecule has 0 bridgehead atoms. The average Bonchev–Trinajstić information content (AvgIpc) is 3.49. The number of ketones is 1. The SMILES string of the molecule is CN1CCN=C1c1ccc(S(=O)(=O)N2CCC(Nc3nc(N)c(C(=O)c4c(F)cccc4F)s3)CC2)cc1. The predicted octanol–water partition coefficient (Wildman–Crippen LogP) is 3.19. The van der Waals surface area contributed by atoms with E-state index in [4.69, 9.17) is 5.73 Å². The Morgan fingerprint density at radius 1 is 1.08 bits per heavy atom. The molecule has 200 valence electrons. The van der Waals surface area contributed by atoms with Gasteiger partial charge >= 0.3 is 0 Å². The van der Waals surface area contributed by atoms with Gasteiger partial charge in [0.25, 0.3) is 0 Å². The molecule has 1 aromatic heterocycles. The Morgan fingerprint density at radius 2 is 1.74 bits per heavy atom. The zero-order valence-electron chi connectivity index (χ0n) is 20.5. The van der Waals surface area contributed by atoms with Crippen LogP contribution < -0.4 is 11.1 Å². The first-order valence-electron chi connectivity index (χ1n) is 12.0. The number of aliphatic imine (C=N–C) groups is 1. The lowest BCUT2D eigenvalue weighted by molar-refractivity contribution is 0.103. The number of hydrogen-bond acceptors (Lipinski definition) is 9. The monoisotopic (exact) mass is 560 g/mol. The van der Waals surface area contributed by atoms with E-state index in [1.54, 1.807) is 24.3 Å². The van der Waals surface area contributed by atoms with Crippen molar-refractivity contribution in [3.63, 3.8) is 0 Å². The number of piperidine rings is 1. The quantitative estimate of drug-likeness (QED) is 0.426. The Hall–Kier alpha value is -3.42. The number of nitrogens with zero attached hydrogens (tertiary/aromatic N) is 4. The first kappa shape index (κ1) is 26.2. The molecule has 3 heterocycles. The second-order valence-electron chi connectivity index (χ2n) is 9.13. The van der Waals surface area contributed by atoms with Crippen molar-refractivity contribution in [2.45, 2.75) is 23.8 Å². The minimum Gasteiger partial charge on any atom is -0.382 e. The van der Waals surface area contributed by atoms with Gasteiger partial charge in [-0.3, -0.25) is 9.79 Å². The molecule has 2 aliphatic rings. The number of thiazole rings is 1. The fourth-order valence-electron chi connectivity index (χ4n) is 4.57. The van der Waals surface area contributed by atoms with Gasteiger partial charge in [-0.2, -0.15) is 4.31 Å². The van der Waals surface area contributed by atoms with E-state index in [-0.39, 0.29) is 21.6 Å². The maximum absolute atomic E-state index is 14.1. The molecule has 13 heteroatoms. The number of halogens is 2. The third kappa shape index (κ3) is 5.00. The molecule has 5 rings (SSSR count). The van der Waals surface area contributed by atoms with Gasteiger partial charge in [-0.1, -0.05) is 17.4 Å². The number of likely N-dealkylation sites (N-methyl/N-ethyl adjacent to an activating group) is 1. The van der Waals surface area contributed by atoms with Gasteiger partial charge in [-0.15, -0.1) is 0 Å². The first-order valence-corrected chi connectivity index (χ1v) is 14.3. The second-order valence-corrected chi connectivity index (χ2v) is 12.1. The highest BCUT2D eigenvalue weighted by Crippen LogP contribution is 2.31. The summed E-state index contributed by atoms with van der Waals surface area (Å²) in [6, 6.07) is 9.85. The second kappa shape index (κ2) is 10.4. The van der Waals surface area contributed by atoms with E-state index >= 15 is 0 Å². The van der Waals surface area contributed by atoms with E-state index in [1.807, 2.05) is 11.9 Å². The minimum atomic E-state index is -3.66. The lowest BCUT2D eigenvalue weighted by Gasteiger charge is -2.31. The zero-order chi connectivity index (χ0) is 27.0. The molecular weight excluding hydrogens is 534 g/mol. The summed E-state index contributed by atoms with van der Waals surface area (Å²) in [4.78, 5) is 23.5. The summed E-state index contributed by atoms with van der Waals surface area (Å²) >= 11 is 0.913. The average molecular weight is 561 g/mol. The molecule has 1 fully saturated rings. The van der Waals surface area contributed by atoms with Gasteiger partial charge in [0, 0.05) is 38.3 Å². The number of anilines is 2. The normalized spacial score (nSPS) is 17.0. The van der Waals surface area contributed by atoms with Crippen molar-refractivity contribution in [2.75, 3.05) is 44.3 Å². The summed E-state index contributed by atoms with van der Waals surface area (Å²) < 4.78 is 56.0. The molecule has 0 radical (unpaired) electrons. The number of aromatic nitrogens is 1. The van der Waals surface area contributed by atoms with Gasteiger partial charge in [0.15, 0.2) is 5.13 Å². The van der Waals surface area contributed by atoms with E-state index in [0.717, 1.165) is 48.0 Å². The largest absolute Gasteiger partial charge is 0.382 e. The van der Waals surface area contributed by atoms with Gasteiger partial charge in [-0.25, -0.2) is 22.2 Å². The molecule has 0 saturated carbocycles. The lowest BCUT2D eigenvalue weighted by atomic mass is 10.1. The van der Waals surface area contributed by atoms with Crippen LogP contribution in [0.25, 0.3) is 0 Å². The van der Waals surface area contributed by atoms with Crippen LogP contribution in [0.3, 0.4) is 0 Å². The molecular formula is C25H26F2N6O3S2. The van der Waals surface area contributed by atoms with Crippen LogP contribution in [0, 0.1) is 11.6 Å². The summed E-state index contributed by atoms with van der Waals surface area (Å²) in [7, 11) is -1.71. The number of sulfonamides is 1. The minimum absolute atomic E-state index is 0.0604. The number of nitrogen functional groups attached to an aromatic ring is 1. The molecule has 0 amide bonds. The summed E-state index contributed by atoms with van der Waals surface area (Å²) in [6.07, 6.45) is 1.01. The van der Waals surface area contributed by atoms with Crippen LogP contribution in [0.2, 0.25) is 0 Å². The Labute approximate surface area is 223 Å². The Bertz CT molecular complexity index is 1480. The predicted molar refractivity (Wildman–Crippen MR) is 142 cm³/mol. The van der Waals surface area contributed by atoms with E-state index in [1.165, 1.54) is 10.4 Å². The molecule has 0 aliphatic carbocycles. The number of nitrogens with two attached hydrogens (primary N) is 1. The Balaban J connectivity index is 1.22. The first-order chi connectivity index (χ1) is 18.1. The van der Waals surface area contributed by atoms with Crippen molar-refractivity contribution in [3.05, 3.63) is 70.1 Å². The molecule has 9 nitrogen and oxygen atoms in total. The summed E-state index contributed by atoms with van der Waals surface area (Å²) in [5, 5.41) is 3.51. The maximum atomic E-state index is 14.1. The number of amidine groups is 1. The van der Waals surface area contributed by atoms with Gasteiger partial charge in [0.05, 0.1) is 17.0 Å². The van der Waals surface area contributed by atoms with Crippen molar-refractivity contribution >= 4 is 43.9 Å². The van der Waals surface area contributed by atoms with E-state index < -0.39 is 33.0 Å². The standard InChI is InChI=1S/C25H26F2N6O3S2/c1-32-14-11-29-24(32)15-5-7-17(8-6-15)38(35,36)33-12-9-16(10-13-33)30-25-31-23(28)22(37-25)21(34)20-18(26)3-2-4-19(20)27/h2-8,16H,9-14,28H2,1H3,(H,30,31). The highest BCUT2D eigenvalue weighted by molar-refractivity contribution is 7.89. The summed E-state index contributed by atoms with van der Waals surface area (Å²) in [5.41, 5.74) is 6.09. The smallest absolute Gasteiger partial charge is 0.243 e. The molecule has 3 aromatic rings. The number of benzene rings is 2. The molecule has 0 unspecified atom stereocenters. The number of nitrogens with one attached hydrogen (secondary N) is 1. The van der Waals surface area contributed by atoms with Crippen LogP contribution >= 0.6 is 11.3 Å². The van der Waals surface area contributed by atoms with Crippen LogP contribution in [0.4, 0.5) is 19.7 Å². The van der Waals surface area contributed by atoms with Gasteiger partial charge < -0.3 is 16.0 Å². The van der Waals surface area contributed by atoms with Crippen molar-refractivity contribution in [2.24, 2.45) is 4.99 Å². The molecule has 2 aromatic carbocycles. The van der Waals surface area contributed by atoms with Gasteiger partial charge in [-0.05, 0) is 49.2 Å². The van der Waals surface area contributed by atoms with E-state index in [9.17, 15) is 22.0 Å². The number of rotatable bonds is 7. The van der Waals surface area contributed by atoms with Crippen LogP contribution in [-0.2, 0) is 10.0 Å².